The number of sulfonamides is 1. The summed E-state index contributed by atoms with van der Waals surface area (Å²) in [5.74, 6) is -3.75. The minimum atomic E-state index is -4.26. The molecule has 1 aliphatic heterocycles. The van der Waals surface area contributed by atoms with Crippen molar-refractivity contribution in [2.24, 2.45) is 0 Å². The third-order valence-corrected chi connectivity index (χ3v) is 6.39. The molecule has 1 unspecified atom stereocenters. The summed E-state index contributed by atoms with van der Waals surface area (Å²) in [7, 11) is -7.43. The Hall–Kier alpha value is -3.61. The van der Waals surface area contributed by atoms with E-state index >= 15 is 0 Å². The van der Waals surface area contributed by atoms with E-state index in [1.807, 2.05) is 0 Å². The van der Waals surface area contributed by atoms with E-state index in [1.165, 1.54) is 4.31 Å². The van der Waals surface area contributed by atoms with E-state index in [-0.39, 0.29) is 60.2 Å². The molecule has 184 valence electrons. The first-order valence-corrected chi connectivity index (χ1v) is 12.6. The zero-order valence-corrected chi connectivity index (χ0v) is 18.8. The van der Waals surface area contributed by atoms with E-state index in [0.29, 0.717) is 0 Å². The number of aromatic carboxylic acids is 2. The Morgan fingerprint density at radius 3 is 1.91 bits per heavy atom. The van der Waals surface area contributed by atoms with E-state index in [1.54, 1.807) is 0 Å². The first-order valence-electron chi connectivity index (χ1n) is 9.38. The standard InChI is InChI=1S/C16H19N7O9S2/c24-12(25)9-5-10(13(26)27)7-11(6-9)19-16-21-14(17-1-3-23-8-33(23,28)29)20-15(22-16)18-2-4-34(30,31)32/h5-7H,1-4,8H2,(H,24,25)(H,26,27)(H,30,31,32)(H3,17,18,19,20,21,22). The lowest BCUT2D eigenvalue weighted by Crippen LogP contribution is -2.19. The van der Waals surface area contributed by atoms with Crippen LogP contribution >= 0.6 is 0 Å². The summed E-state index contributed by atoms with van der Waals surface area (Å²) in [6, 6.07) is 3.28. The Labute approximate surface area is 192 Å². The van der Waals surface area contributed by atoms with Gasteiger partial charge in [-0.25, -0.2) is 18.0 Å². The predicted molar refractivity (Wildman–Crippen MR) is 117 cm³/mol. The summed E-state index contributed by atoms with van der Waals surface area (Å²) in [4.78, 5) is 34.7. The molecule has 1 fully saturated rings. The summed E-state index contributed by atoms with van der Waals surface area (Å²) >= 11 is 0. The molecule has 0 radical (unpaired) electrons. The number of anilines is 4. The Morgan fingerprint density at radius 1 is 0.941 bits per heavy atom. The second kappa shape index (κ2) is 9.71. The zero-order chi connectivity index (χ0) is 25.1. The highest BCUT2D eigenvalue weighted by atomic mass is 32.2. The van der Waals surface area contributed by atoms with Crippen LogP contribution in [0.5, 0.6) is 0 Å². The van der Waals surface area contributed by atoms with Crippen LogP contribution < -0.4 is 16.0 Å². The monoisotopic (exact) mass is 517 g/mol. The van der Waals surface area contributed by atoms with Crippen molar-refractivity contribution in [1.29, 1.82) is 0 Å². The second-order valence-corrected chi connectivity index (χ2v) is 10.4. The average molecular weight is 518 g/mol. The van der Waals surface area contributed by atoms with Gasteiger partial charge in [-0.3, -0.25) is 4.55 Å². The fourth-order valence-corrected chi connectivity index (χ4v) is 4.05. The van der Waals surface area contributed by atoms with Crippen molar-refractivity contribution in [2.45, 2.75) is 0 Å². The van der Waals surface area contributed by atoms with Crippen LogP contribution in [0.2, 0.25) is 0 Å². The highest BCUT2D eigenvalue weighted by Crippen LogP contribution is 2.21. The van der Waals surface area contributed by atoms with Gasteiger partial charge in [0.25, 0.3) is 10.1 Å². The second-order valence-electron chi connectivity index (χ2n) is 6.90. The minimum absolute atomic E-state index is 0.0357. The Bertz CT molecular complexity index is 1300. The number of aromatic nitrogens is 3. The van der Waals surface area contributed by atoms with Gasteiger partial charge in [0.05, 0.1) is 16.9 Å². The van der Waals surface area contributed by atoms with Gasteiger partial charge < -0.3 is 26.2 Å². The Kier molecular flexibility index (Phi) is 7.15. The molecule has 1 aromatic carbocycles. The SMILES string of the molecule is O=C(O)c1cc(Nc2nc(NCCN3CS3(=O)=O)nc(NCCS(=O)(=O)O)n2)cc(C(=O)O)c1. The van der Waals surface area contributed by atoms with Gasteiger partial charge >= 0.3 is 11.9 Å². The van der Waals surface area contributed by atoms with Crippen LogP contribution in [0.3, 0.4) is 0 Å². The van der Waals surface area contributed by atoms with Crippen molar-refractivity contribution in [3.63, 3.8) is 0 Å². The number of carboxylic acid groups (broad SMARTS) is 2. The topological polar surface area (TPSA) is 241 Å². The highest BCUT2D eigenvalue weighted by molar-refractivity contribution is 7.95. The molecule has 0 bridgehead atoms. The molecule has 0 saturated carbocycles. The normalized spacial score (nSPS) is 16.4. The van der Waals surface area contributed by atoms with Crippen LogP contribution in [-0.4, -0.2) is 94.1 Å². The van der Waals surface area contributed by atoms with E-state index < -0.39 is 37.8 Å². The maximum Gasteiger partial charge on any atom is 0.335 e. The fourth-order valence-electron chi connectivity index (χ4n) is 2.61. The lowest BCUT2D eigenvalue weighted by molar-refractivity contribution is 0.0696. The number of rotatable bonds is 12. The molecular formula is C16H19N7O9S2. The Morgan fingerprint density at radius 2 is 1.44 bits per heavy atom. The molecule has 0 spiro atoms. The molecule has 1 saturated heterocycles. The third-order valence-electron chi connectivity index (χ3n) is 4.23. The van der Waals surface area contributed by atoms with Crippen LogP contribution in [0.15, 0.2) is 18.2 Å². The number of carboxylic acids is 2. The van der Waals surface area contributed by atoms with Gasteiger partial charge in [0, 0.05) is 25.3 Å². The first kappa shape index (κ1) is 25.0. The smallest absolute Gasteiger partial charge is 0.335 e. The molecule has 34 heavy (non-hydrogen) atoms. The maximum atomic E-state index is 11.3. The van der Waals surface area contributed by atoms with E-state index in [9.17, 15) is 36.6 Å². The van der Waals surface area contributed by atoms with Crippen LogP contribution in [0, 0.1) is 0 Å². The van der Waals surface area contributed by atoms with E-state index in [2.05, 4.69) is 30.9 Å². The van der Waals surface area contributed by atoms with Gasteiger partial charge in [-0.15, -0.1) is 0 Å². The van der Waals surface area contributed by atoms with Gasteiger partial charge in [-0.1, -0.05) is 0 Å². The number of hydrogen-bond acceptors (Lipinski definition) is 12. The van der Waals surface area contributed by atoms with E-state index in [4.69, 9.17) is 4.55 Å². The quantitative estimate of drug-likeness (QED) is 0.151. The Balaban J connectivity index is 1.83. The molecule has 1 aliphatic rings. The molecule has 1 aromatic heterocycles. The lowest BCUT2D eigenvalue weighted by Gasteiger charge is -2.12. The predicted octanol–water partition coefficient (Wildman–Crippen LogP) is -0.674. The summed E-state index contributed by atoms with van der Waals surface area (Å²) < 4.78 is 54.4. The summed E-state index contributed by atoms with van der Waals surface area (Å²) in [5.41, 5.74) is -0.574. The third kappa shape index (κ3) is 7.20. The van der Waals surface area contributed by atoms with Crippen LogP contribution in [0.1, 0.15) is 20.7 Å². The van der Waals surface area contributed by atoms with Crippen molar-refractivity contribution in [2.75, 3.05) is 47.2 Å². The van der Waals surface area contributed by atoms with Crippen molar-refractivity contribution in [3.05, 3.63) is 29.3 Å². The molecular weight excluding hydrogens is 498 g/mol. The average Bonchev–Trinajstić information content (AvgIpc) is 3.32. The minimum Gasteiger partial charge on any atom is -0.478 e. The van der Waals surface area contributed by atoms with Crippen molar-refractivity contribution in [1.82, 2.24) is 19.3 Å². The molecule has 6 N–H and O–H groups in total. The number of hydrogen-bond donors (Lipinski definition) is 6. The first-order chi connectivity index (χ1) is 15.8. The fraction of sp³-hybridized carbons (Fsp3) is 0.312. The zero-order valence-electron chi connectivity index (χ0n) is 17.2. The number of benzene rings is 1. The van der Waals surface area contributed by atoms with Crippen LogP contribution in [0.25, 0.3) is 0 Å². The summed E-state index contributed by atoms with van der Waals surface area (Å²) in [6.45, 7) is 0.0150. The molecule has 2 heterocycles. The van der Waals surface area contributed by atoms with Crippen molar-refractivity contribution >= 4 is 55.6 Å². The molecule has 1 atom stereocenters. The molecule has 3 rings (SSSR count). The van der Waals surface area contributed by atoms with Gasteiger partial charge in [0.2, 0.25) is 27.9 Å². The van der Waals surface area contributed by atoms with Crippen LogP contribution in [-0.2, 0) is 20.1 Å². The molecule has 0 amide bonds. The molecule has 2 aromatic rings. The van der Waals surface area contributed by atoms with Gasteiger partial charge in [0.15, 0.2) is 0 Å². The highest BCUT2D eigenvalue weighted by Gasteiger charge is 2.39. The van der Waals surface area contributed by atoms with Crippen LogP contribution in [0.4, 0.5) is 23.5 Å². The number of carbonyl (C=O) groups is 2. The van der Waals surface area contributed by atoms with Gasteiger partial charge in [-0.05, 0) is 18.2 Å². The van der Waals surface area contributed by atoms with Crippen molar-refractivity contribution in [3.8, 4) is 0 Å². The molecule has 16 nitrogen and oxygen atoms in total. The summed E-state index contributed by atoms with van der Waals surface area (Å²) in [6.07, 6.45) is 0. The number of nitrogens with one attached hydrogen (secondary N) is 3. The van der Waals surface area contributed by atoms with Crippen molar-refractivity contribution < 1.29 is 41.2 Å². The molecule has 0 aliphatic carbocycles. The number of nitrogens with zero attached hydrogens (tertiary/aromatic N) is 4. The maximum absolute atomic E-state index is 11.3. The van der Waals surface area contributed by atoms with Gasteiger partial charge in [0.1, 0.15) is 5.88 Å². The molecule has 18 heteroatoms. The lowest BCUT2D eigenvalue weighted by atomic mass is 10.1. The largest absolute Gasteiger partial charge is 0.478 e. The van der Waals surface area contributed by atoms with Gasteiger partial charge in [-0.2, -0.15) is 27.7 Å². The summed E-state index contributed by atoms with van der Waals surface area (Å²) in [5, 5.41) is 26.5. The van der Waals surface area contributed by atoms with E-state index in [0.717, 1.165) is 18.2 Å².